The zero-order chi connectivity index (χ0) is 18.0. The number of aliphatic hydroxyl groups is 1. The van der Waals surface area contributed by atoms with Crippen molar-refractivity contribution in [3.05, 3.63) is 42.0 Å². The van der Waals surface area contributed by atoms with Crippen LogP contribution in [0.5, 0.6) is 5.75 Å². The Kier molecular flexibility index (Phi) is 5.28. The summed E-state index contributed by atoms with van der Waals surface area (Å²) in [5, 5.41) is 11.9. The maximum Gasteiger partial charge on any atom is 0.230 e. The zero-order valence-electron chi connectivity index (χ0n) is 15.2. The summed E-state index contributed by atoms with van der Waals surface area (Å²) in [6, 6.07) is 12.3. The summed E-state index contributed by atoms with van der Waals surface area (Å²) in [4.78, 5) is 15.0. The van der Waals surface area contributed by atoms with Crippen molar-refractivity contribution in [2.45, 2.75) is 51.2 Å². The lowest BCUT2D eigenvalue weighted by atomic mass is 9.96. The molecular weight excluding hydrogens is 314 g/mol. The highest BCUT2D eigenvalue weighted by Crippen LogP contribution is 2.29. The number of benzene rings is 2. The summed E-state index contributed by atoms with van der Waals surface area (Å²) in [7, 11) is 1.66. The van der Waals surface area contributed by atoms with Gasteiger partial charge in [-0.3, -0.25) is 4.79 Å². The summed E-state index contributed by atoms with van der Waals surface area (Å²) >= 11 is 0. The first-order valence-electron chi connectivity index (χ1n) is 9.06. The third-order valence-electron chi connectivity index (χ3n) is 5.22. The van der Waals surface area contributed by atoms with Crippen LogP contribution in [0.2, 0.25) is 0 Å². The van der Waals surface area contributed by atoms with Crippen molar-refractivity contribution in [3.8, 4) is 5.75 Å². The Morgan fingerprint density at radius 2 is 1.96 bits per heavy atom. The topological polar surface area (TPSA) is 49.8 Å². The fraction of sp³-hybridized carbons (Fsp3) is 0.476. The van der Waals surface area contributed by atoms with Crippen LogP contribution in [-0.4, -0.2) is 41.7 Å². The van der Waals surface area contributed by atoms with Crippen LogP contribution in [0.4, 0.5) is 0 Å². The molecule has 4 nitrogen and oxygen atoms in total. The number of methoxy groups -OCH3 is 1. The van der Waals surface area contributed by atoms with E-state index in [2.05, 4.69) is 6.07 Å². The van der Waals surface area contributed by atoms with Gasteiger partial charge >= 0.3 is 0 Å². The van der Waals surface area contributed by atoms with Gasteiger partial charge in [-0.2, -0.15) is 0 Å². The fourth-order valence-electron chi connectivity index (χ4n) is 3.79. The van der Waals surface area contributed by atoms with Crippen molar-refractivity contribution in [3.63, 3.8) is 0 Å². The van der Waals surface area contributed by atoms with E-state index in [1.165, 1.54) is 0 Å². The summed E-state index contributed by atoms with van der Waals surface area (Å²) in [5.74, 6) is 0.819. The number of ether oxygens (including phenoxy) is 1. The first-order valence-corrected chi connectivity index (χ1v) is 9.06. The highest BCUT2D eigenvalue weighted by Gasteiger charge is 2.32. The number of hydrogen-bond acceptors (Lipinski definition) is 3. The molecule has 2 unspecified atom stereocenters. The molecule has 0 spiro atoms. The third kappa shape index (κ3) is 3.79. The summed E-state index contributed by atoms with van der Waals surface area (Å²) < 4.78 is 5.27. The Morgan fingerprint density at radius 1 is 1.24 bits per heavy atom. The van der Waals surface area contributed by atoms with E-state index < -0.39 is 0 Å². The molecule has 0 radical (unpaired) electrons. The number of carbonyl (C=O) groups is 1. The van der Waals surface area contributed by atoms with Crippen LogP contribution < -0.4 is 4.74 Å². The molecule has 1 heterocycles. The number of aliphatic hydroxyl groups excluding tert-OH is 1. The molecule has 1 aliphatic rings. The first-order chi connectivity index (χ1) is 12.0. The second-order valence-corrected chi connectivity index (χ2v) is 7.11. The summed E-state index contributed by atoms with van der Waals surface area (Å²) in [6.07, 6.45) is 2.30. The van der Waals surface area contributed by atoms with Crippen LogP contribution >= 0.6 is 0 Å². The average molecular weight is 341 g/mol. The Labute approximate surface area is 149 Å². The molecule has 1 aliphatic heterocycles. The molecule has 1 fully saturated rings. The highest BCUT2D eigenvalue weighted by molar-refractivity contribution is 5.88. The second kappa shape index (κ2) is 7.44. The number of amides is 1. The van der Waals surface area contributed by atoms with Crippen LogP contribution in [-0.2, 0) is 4.79 Å². The SMILES string of the molecule is COc1ccc2cc([C@H](C)C(=O)N3CCCC3CC(C)O)ccc2c1. The molecule has 134 valence electrons. The predicted octanol–water partition coefficient (Wildman–Crippen LogP) is 3.71. The molecule has 0 saturated carbocycles. The van der Waals surface area contributed by atoms with Crippen LogP contribution in [0.1, 0.15) is 44.6 Å². The molecule has 1 N–H and O–H groups in total. The van der Waals surface area contributed by atoms with E-state index in [4.69, 9.17) is 4.74 Å². The lowest BCUT2D eigenvalue weighted by molar-refractivity contribution is -0.133. The largest absolute Gasteiger partial charge is 0.497 e. The Hall–Kier alpha value is -2.07. The minimum Gasteiger partial charge on any atom is -0.497 e. The fourth-order valence-corrected chi connectivity index (χ4v) is 3.79. The Bertz CT molecular complexity index is 756. The molecule has 0 bridgehead atoms. The van der Waals surface area contributed by atoms with Gasteiger partial charge in [0.25, 0.3) is 0 Å². The standard InChI is InChI=1S/C21H27NO3/c1-14(23)11-19-5-4-10-22(19)21(24)15(2)16-6-7-18-13-20(25-3)9-8-17(18)12-16/h6-9,12-15,19,23H,4-5,10-11H2,1-3H3/t14?,15-,19?/m0/s1. The average Bonchev–Trinajstić information content (AvgIpc) is 3.06. The van der Waals surface area contributed by atoms with Gasteiger partial charge in [0.1, 0.15) is 5.75 Å². The van der Waals surface area contributed by atoms with Gasteiger partial charge in [-0.25, -0.2) is 0 Å². The van der Waals surface area contributed by atoms with E-state index in [0.717, 1.165) is 41.5 Å². The van der Waals surface area contributed by atoms with Gasteiger partial charge in [-0.15, -0.1) is 0 Å². The maximum atomic E-state index is 13.0. The minimum absolute atomic E-state index is 0.163. The molecule has 3 rings (SSSR count). The smallest absolute Gasteiger partial charge is 0.230 e. The second-order valence-electron chi connectivity index (χ2n) is 7.11. The van der Waals surface area contributed by atoms with Crippen LogP contribution in [0.3, 0.4) is 0 Å². The molecule has 0 aliphatic carbocycles. The Morgan fingerprint density at radius 3 is 2.68 bits per heavy atom. The van der Waals surface area contributed by atoms with Crippen molar-refractivity contribution in [2.24, 2.45) is 0 Å². The number of fused-ring (bicyclic) bond motifs is 1. The lowest BCUT2D eigenvalue weighted by Crippen LogP contribution is -2.39. The van der Waals surface area contributed by atoms with Crippen molar-refractivity contribution in [1.82, 2.24) is 4.90 Å². The zero-order valence-corrected chi connectivity index (χ0v) is 15.2. The van der Waals surface area contributed by atoms with Gasteiger partial charge in [0.2, 0.25) is 5.91 Å². The number of rotatable bonds is 5. The first kappa shape index (κ1) is 17.7. The van der Waals surface area contributed by atoms with E-state index >= 15 is 0 Å². The third-order valence-corrected chi connectivity index (χ3v) is 5.22. The van der Waals surface area contributed by atoms with Gasteiger partial charge < -0.3 is 14.7 Å². The van der Waals surface area contributed by atoms with Gasteiger partial charge in [0.05, 0.1) is 19.1 Å². The molecule has 0 aromatic heterocycles. The van der Waals surface area contributed by atoms with Gasteiger partial charge in [-0.05, 0) is 61.6 Å². The monoisotopic (exact) mass is 341 g/mol. The molecule has 25 heavy (non-hydrogen) atoms. The van der Waals surface area contributed by atoms with E-state index in [9.17, 15) is 9.90 Å². The quantitative estimate of drug-likeness (QED) is 0.902. The van der Waals surface area contributed by atoms with Crippen molar-refractivity contribution >= 4 is 16.7 Å². The maximum absolute atomic E-state index is 13.0. The van der Waals surface area contributed by atoms with Gasteiger partial charge in [0, 0.05) is 12.6 Å². The van der Waals surface area contributed by atoms with Crippen molar-refractivity contribution < 1.29 is 14.6 Å². The molecule has 3 atom stereocenters. The molecule has 1 amide bonds. The number of nitrogens with zero attached hydrogens (tertiary/aromatic N) is 1. The number of likely N-dealkylation sites (tertiary alicyclic amines) is 1. The van der Waals surface area contributed by atoms with Crippen molar-refractivity contribution in [1.29, 1.82) is 0 Å². The van der Waals surface area contributed by atoms with Crippen LogP contribution in [0.25, 0.3) is 10.8 Å². The molecule has 4 heteroatoms. The summed E-state index contributed by atoms with van der Waals surface area (Å²) in [5.41, 5.74) is 1.03. The number of carbonyl (C=O) groups excluding carboxylic acids is 1. The van der Waals surface area contributed by atoms with Gasteiger partial charge in [-0.1, -0.05) is 24.3 Å². The molecule has 2 aromatic carbocycles. The van der Waals surface area contributed by atoms with Crippen LogP contribution in [0, 0.1) is 0 Å². The Balaban J connectivity index is 1.80. The predicted molar refractivity (Wildman–Crippen MR) is 99.9 cm³/mol. The number of hydrogen-bond donors (Lipinski definition) is 1. The van der Waals surface area contributed by atoms with Crippen LogP contribution in [0.15, 0.2) is 36.4 Å². The van der Waals surface area contributed by atoms with E-state index in [1.807, 2.05) is 42.2 Å². The molecule has 1 saturated heterocycles. The minimum atomic E-state index is -0.371. The van der Waals surface area contributed by atoms with Crippen molar-refractivity contribution in [2.75, 3.05) is 13.7 Å². The lowest BCUT2D eigenvalue weighted by Gasteiger charge is -2.28. The van der Waals surface area contributed by atoms with E-state index in [-0.39, 0.29) is 24.0 Å². The highest BCUT2D eigenvalue weighted by atomic mass is 16.5. The molecule has 2 aromatic rings. The van der Waals surface area contributed by atoms with Gasteiger partial charge in [0.15, 0.2) is 0 Å². The summed E-state index contributed by atoms with van der Waals surface area (Å²) in [6.45, 7) is 4.57. The molecular formula is C21H27NO3. The normalized spacial score (nSPS) is 19.8. The van der Waals surface area contributed by atoms with E-state index in [1.54, 1.807) is 14.0 Å². The van der Waals surface area contributed by atoms with E-state index in [0.29, 0.717) is 6.42 Å².